The number of aryl methyl sites for hydroxylation is 3. The molecule has 1 amide bonds. The number of anilines is 1. The molecule has 1 atom stereocenters. The number of benzene rings is 2. The van der Waals surface area contributed by atoms with Crippen molar-refractivity contribution in [3.05, 3.63) is 73.8 Å². The first-order valence-electron chi connectivity index (χ1n) is 11.3. The van der Waals surface area contributed by atoms with E-state index >= 15 is 0 Å². The fraction of sp³-hybridized carbons (Fsp3) is 0.269. The van der Waals surface area contributed by atoms with E-state index in [0.29, 0.717) is 26.1 Å². The van der Waals surface area contributed by atoms with Crippen LogP contribution in [-0.4, -0.2) is 21.1 Å². The van der Waals surface area contributed by atoms with E-state index in [-0.39, 0.29) is 11.5 Å². The number of nitrogens with zero attached hydrogens (tertiary/aromatic N) is 1. The molecule has 2 aromatic carbocycles. The minimum atomic E-state index is -0.458. The van der Waals surface area contributed by atoms with Gasteiger partial charge in [0, 0.05) is 21.7 Å². The molecule has 34 heavy (non-hydrogen) atoms. The molecule has 0 spiro atoms. The fourth-order valence-corrected chi connectivity index (χ4v) is 6.22. The molecule has 0 radical (unpaired) electrons. The number of thiophene rings is 1. The maximum atomic E-state index is 13.0. The van der Waals surface area contributed by atoms with Gasteiger partial charge < -0.3 is 10.3 Å². The summed E-state index contributed by atoms with van der Waals surface area (Å²) >= 11 is 8.84. The molecule has 8 heteroatoms. The number of halogens is 1. The van der Waals surface area contributed by atoms with Crippen LogP contribution in [0.3, 0.4) is 0 Å². The van der Waals surface area contributed by atoms with Crippen LogP contribution < -0.4 is 10.9 Å². The Balaban J connectivity index is 1.37. The number of aromatic nitrogens is 2. The number of rotatable bonds is 5. The lowest BCUT2D eigenvalue weighted by molar-refractivity contribution is -0.115. The first kappa shape index (κ1) is 23.1. The second-order valence-electron chi connectivity index (χ2n) is 8.60. The zero-order chi connectivity index (χ0) is 23.8. The third-order valence-electron chi connectivity index (χ3n) is 6.18. The number of aromatic amines is 1. The Morgan fingerprint density at radius 1 is 1.18 bits per heavy atom. The topological polar surface area (TPSA) is 74.8 Å². The second-order valence-corrected chi connectivity index (χ2v) is 11.2. The van der Waals surface area contributed by atoms with Gasteiger partial charge in [0.05, 0.1) is 10.6 Å². The first-order chi connectivity index (χ1) is 16.4. The maximum Gasteiger partial charge on any atom is 0.260 e. The normalized spacial score (nSPS) is 14.1. The molecule has 1 aliphatic rings. The summed E-state index contributed by atoms with van der Waals surface area (Å²) < 4.78 is 0. The van der Waals surface area contributed by atoms with Gasteiger partial charge in [-0.2, -0.15) is 0 Å². The summed E-state index contributed by atoms with van der Waals surface area (Å²) in [6.07, 6.45) is 4.68. The molecule has 0 fully saturated rings. The predicted octanol–water partition coefficient (Wildman–Crippen LogP) is 6.61. The quantitative estimate of drug-likeness (QED) is 0.234. The number of hydrogen-bond donors (Lipinski definition) is 2. The molecule has 0 saturated heterocycles. The monoisotopic (exact) mass is 509 g/mol. The van der Waals surface area contributed by atoms with E-state index in [1.165, 1.54) is 47.1 Å². The van der Waals surface area contributed by atoms with Crippen LogP contribution in [0.15, 0.2) is 51.7 Å². The highest BCUT2D eigenvalue weighted by atomic mass is 35.5. The molecule has 2 N–H and O–H groups in total. The van der Waals surface area contributed by atoms with Gasteiger partial charge in [-0.3, -0.25) is 9.59 Å². The smallest absolute Gasteiger partial charge is 0.260 e. The van der Waals surface area contributed by atoms with Crippen molar-refractivity contribution < 1.29 is 4.79 Å². The van der Waals surface area contributed by atoms with E-state index in [1.807, 2.05) is 24.4 Å². The molecule has 0 aliphatic heterocycles. The Hall–Kier alpha value is -2.61. The molecule has 2 aromatic heterocycles. The molecular weight excluding hydrogens is 486 g/mol. The molecule has 0 bridgehead atoms. The molecule has 5 rings (SSSR count). The van der Waals surface area contributed by atoms with Crippen LogP contribution in [0.25, 0.3) is 21.3 Å². The van der Waals surface area contributed by atoms with E-state index in [4.69, 9.17) is 11.6 Å². The highest BCUT2D eigenvalue weighted by Crippen LogP contribution is 2.34. The zero-order valence-corrected chi connectivity index (χ0v) is 21.3. The molecule has 4 aromatic rings. The minimum absolute atomic E-state index is 0.181. The molecule has 5 nitrogen and oxygen atoms in total. The second kappa shape index (κ2) is 9.56. The van der Waals surface area contributed by atoms with E-state index in [1.54, 1.807) is 13.0 Å². The lowest BCUT2D eigenvalue weighted by Crippen LogP contribution is -2.23. The van der Waals surface area contributed by atoms with Crippen molar-refractivity contribution in [2.75, 3.05) is 5.32 Å². The van der Waals surface area contributed by atoms with Crippen LogP contribution in [0.2, 0.25) is 5.02 Å². The standard InChI is InChI=1S/C26H24ClN3O2S2/c1-14-7-10-19(12-21(14)27)28-23(31)15(2)34-26-29-24(32)22-20(13-33-25(22)30-26)18-9-8-16-5-3-4-6-17(16)11-18/h7-13,15H,3-6H2,1-2H3,(H,28,31)(H,29,30,32). The van der Waals surface area contributed by atoms with Crippen molar-refractivity contribution in [1.82, 2.24) is 9.97 Å². The first-order valence-corrected chi connectivity index (χ1v) is 13.4. The SMILES string of the molecule is Cc1ccc(NC(=O)C(C)Sc2nc3scc(-c4ccc5c(c4)CCCC5)c3c(=O)[nH]2)cc1Cl. The highest BCUT2D eigenvalue weighted by molar-refractivity contribution is 8.00. The third kappa shape index (κ3) is 4.65. The van der Waals surface area contributed by atoms with E-state index in [9.17, 15) is 9.59 Å². The largest absolute Gasteiger partial charge is 0.325 e. The molecular formula is C26H24ClN3O2S2. The lowest BCUT2D eigenvalue weighted by Gasteiger charge is -2.16. The summed E-state index contributed by atoms with van der Waals surface area (Å²) in [5.74, 6) is -0.186. The number of amides is 1. The number of nitrogens with one attached hydrogen (secondary N) is 2. The Morgan fingerprint density at radius 2 is 1.97 bits per heavy atom. The van der Waals surface area contributed by atoms with Crippen LogP contribution in [0, 0.1) is 6.92 Å². The summed E-state index contributed by atoms with van der Waals surface area (Å²) in [6, 6.07) is 11.9. The van der Waals surface area contributed by atoms with Crippen molar-refractivity contribution in [3.63, 3.8) is 0 Å². The van der Waals surface area contributed by atoms with E-state index < -0.39 is 5.25 Å². The van der Waals surface area contributed by atoms with Gasteiger partial charge in [0.15, 0.2) is 5.16 Å². The zero-order valence-electron chi connectivity index (χ0n) is 18.9. The van der Waals surface area contributed by atoms with Crippen LogP contribution in [0.1, 0.15) is 36.5 Å². The fourth-order valence-electron chi connectivity index (χ4n) is 4.23. The van der Waals surface area contributed by atoms with Crippen LogP contribution >= 0.6 is 34.7 Å². The Labute approximate surface area is 211 Å². The predicted molar refractivity (Wildman–Crippen MR) is 142 cm³/mol. The van der Waals surface area contributed by atoms with Crippen molar-refractivity contribution in [3.8, 4) is 11.1 Å². The number of hydrogen-bond acceptors (Lipinski definition) is 5. The highest BCUT2D eigenvalue weighted by Gasteiger charge is 2.19. The molecule has 1 aliphatic carbocycles. The molecule has 0 saturated carbocycles. The minimum Gasteiger partial charge on any atom is -0.325 e. The Kier molecular flexibility index (Phi) is 6.51. The average molecular weight is 510 g/mol. The van der Waals surface area contributed by atoms with Gasteiger partial charge in [-0.15, -0.1) is 11.3 Å². The molecule has 1 unspecified atom stereocenters. The van der Waals surface area contributed by atoms with Gasteiger partial charge in [0.1, 0.15) is 4.83 Å². The summed E-state index contributed by atoms with van der Waals surface area (Å²) in [7, 11) is 0. The number of carbonyl (C=O) groups is 1. The van der Waals surface area contributed by atoms with Crippen molar-refractivity contribution >= 4 is 56.5 Å². The molecule has 174 valence electrons. The molecule has 2 heterocycles. The lowest BCUT2D eigenvalue weighted by atomic mass is 9.89. The van der Waals surface area contributed by atoms with E-state index in [0.717, 1.165) is 29.5 Å². The number of fused-ring (bicyclic) bond motifs is 2. The van der Waals surface area contributed by atoms with Crippen molar-refractivity contribution in [2.45, 2.75) is 49.9 Å². The number of H-pyrrole nitrogens is 1. The van der Waals surface area contributed by atoms with Gasteiger partial charge >= 0.3 is 0 Å². The van der Waals surface area contributed by atoms with Gasteiger partial charge in [0.2, 0.25) is 5.91 Å². The summed E-state index contributed by atoms with van der Waals surface area (Å²) in [5, 5.41) is 6.05. The third-order valence-corrected chi connectivity index (χ3v) is 8.44. The van der Waals surface area contributed by atoms with Crippen LogP contribution in [-0.2, 0) is 17.6 Å². The van der Waals surface area contributed by atoms with E-state index in [2.05, 4.69) is 33.5 Å². The Bertz CT molecular complexity index is 1460. The van der Waals surface area contributed by atoms with Crippen LogP contribution in [0.4, 0.5) is 5.69 Å². The van der Waals surface area contributed by atoms with Crippen molar-refractivity contribution in [2.24, 2.45) is 0 Å². The summed E-state index contributed by atoms with van der Waals surface area (Å²) in [6.45, 7) is 3.69. The summed E-state index contributed by atoms with van der Waals surface area (Å²) in [4.78, 5) is 33.9. The van der Waals surface area contributed by atoms with Crippen LogP contribution in [0.5, 0.6) is 0 Å². The van der Waals surface area contributed by atoms with Crippen molar-refractivity contribution in [1.29, 1.82) is 0 Å². The number of carbonyl (C=O) groups excluding carboxylic acids is 1. The summed E-state index contributed by atoms with van der Waals surface area (Å²) in [5.41, 5.74) is 6.18. The van der Waals surface area contributed by atoms with Gasteiger partial charge in [-0.1, -0.05) is 47.6 Å². The van der Waals surface area contributed by atoms with Gasteiger partial charge in [-0.05, 0) is 73.9 Å². The van der Waals surface area contributed by atoms with Gasteiger partial charge in [-0.25, -0.2) is 4.98 Å². The average Bonchev–Trinajstić information content (AvgIpc) is 3.25. The maximum absolute atomic E-state index is 13.0. The van der Waals surface area contributed by atoms with Gasteiger partial charge in [0.25, 0.3) is 5.56 Å². The number of thioether (sulfide) groups is 1. The Morgan fingerprint density at radius 3 is 2.76 bits per heavy atom.